The summed E-state index contributed by atoms with van der Waals surface area (Å²) < 4.78 is 12.0. The summed E-state index contributed by atoms with van der Waals surface area (Å²) in [6, 6.07) is 8.13. The van der Waals surface area contributed by atoms with E-state index in [1.807, 2.05) is 37.3 Å². The number of aliphatic hydroxyl groups is 1. The number of rotatable bonds is 8. The van der Waals surface area contributed by atoms with E-state index in [2.05, 4.69) is 11.2 Å². The van der Waals surface area contributed by atoms with Crippen molar-refractivity contribution in [3.63, 3.8) is 0 Å². The number of nitrogens with one attached hydrogen (secondary N) is 1. The lowest BCUT2D eigenvalue weighted by molar-refractivity contribution is -0.167. The van der Waals surface area contributed by atoms with Crippen LogP contribution in [0.25, 0.3) is 0 Å². The number of allylic oxidation sites excluding steroid dienone is 1. The molecular formula is C26H33NO4. The zero-order valence-corrected chi connectivity index (χ0v) is 18.3. The van der Waals surface area contributed by atoms with Crippen molar-refractivity contribution in [2.75, 3.05) is 13.2 Å². The van der Waals surface area contributed by atoms with Gasteiger partial charge in [0.05, 0.1) is 0 Å². The average molecular weight is 424 g/mol. The summed E-state index contributed by atoms with van der Waals surface area (Å²) in [6.07, 6.45) is 13.1. The summed E-state index contributed by atoms with van der Waals surface area (Å²) >= 11 is 0. The SMILES string of the molecule is C#Cc1ccc([C@H]2C=C(C(=O)NC3CC4CCC3C4)O[C@@H](OCC)[C@@H]2CCCO)cc1. The van der Waals surface area contributed by atoms with Gasteiger partial charge < -0.3 is 19.9 Å². The van der Waals surface area contributed by atoms with E-state index in [0.717, 1.165) is 29.9 Å². The molecule has 0 radical (unpaired) electrons. The Morgan fingerprint density at radius 1 is 1.29 bits per heavy atom. The number of fused-ring (bicyclic) bond motifs is 2. The summed E-state index contributed by atoms with van der Waals surface area (Å²) in [5.41, 5.74) is 1.89. The lowest BCUT2D eigenvalue weighted by Gasteiger charge is -2.37. The molecule has 1 aliphatic heterocycles. The molecule has 3 aliphatic rings. The Balaban J connectivity index is 1.59. The van der Waals surface area contributed by atoms with Crippen molar-refractivity contribution in [2.24, 2.45) is 17.8 Å². The topological polar surface area (TPSA) is 67.8 Å². The zero-order valence-electron chi connectivity index (χ0n) is 18.3. The number of ether oxygens (including phenoxy) is 2. The molecule has 5 heteroatoms. The van der Waals surface area contributed by atoms with Crippen molar-refractivity contribution in [2.45, 2.75) is 63.7 Å². The van der Waals surface area contributed by atoms with Crippen molar-refractivity contribution >= 4 is 5.91 Å². The highest BCUT2D eigenvalue weighted by molar-refractivity contribution is 5.92. The second-order valence-electron chi connectivity index (χ2n) is 9.05. The Morgan fingerprint density at radius 3 is 2.71 bits per heavy atom. The summed E-state index contributed by atoms with van der Waals surface area (Å²) in [6.45, 7) is 2.53. The molecule has 5 nitrogen and oxygen atoms in total. The molecule has 1 amide bonds. The van der Waals surface area contributed by atoms with Gasteiger partial charge >= 0.3 is 0 Å². The highest BCUT2D eigenvalue weighted by Crippen LogP contribution is 2.45. The minimum absolute atomic E-state index is 0.00262. The maximum absolute atomic E-state index is 13.2. The molecule has 2 aliphatic carbocycles. The fraction of sp³-hybridized carbons (Fsp3) is 0.577. The molecule has 4 rings (SSSR count). The maximum atomic E-state index is 13.2. The number of hydrogen-bond acceptors (Lipinski definition) is 4. The van der Waals surface area contributed by atoms with Crippen molar-refractivity contribution in [1.29, 1.82) is 0 Å². The first kappa shape index (κ1) is 21.9. The second kappa shape index (κ2) is 9.89. The van der Waals surface area contributed by atoms with E-state index in [1.54, 1.807) is 0 Å². The Kier molecular flexibility index (Phi) is 6.99. The number of carbonyl (C=O) groups excluding carboxylic acids is 1. The first-order chi connectivity index (χ1) is 15.1. The molecule has 1 heterocycles. The van der Waals surface area contributed by atoms with Gasteiger partial charge in [-0.2, -0.15) is 0 Å². The zero-order chi connectivity index (χ0) is 21.8. The van der Waals surface area contributed by atoms with E-state index < -0.39 is 6.29 Å². The van der Waals surface area contributed by atoms with Gasteiger partial charge in [-0.3, -0.25) is 4.79 Å². The van der Waals surface area contributed by atoms with E-state index in [-0.39, 0.29) is 30.4 Å². The van der Waals surface area contributed by atoms with Crippen LogP contribution in [0.3, 0.4) is 0 Å². The molecule has 2 N–H and O–H groups in total. The van der Waals surface area contributed by atoms with Gasteiger partial charge in [0.2, 0.25) is 6.29 Å². The van der Waals surface area contributed by atoms with E-state index >= 15 is 0 Å². The monoisotopic (exact) mass is 423 g/mol. The second-order valence-corrected chi connectivity index (χ2v) is 9.05. The summed E-state index contributed by atoms with van der Waals surface area (Å²) in [5, 5.41) is 12.6. The van der Waals surface area contributed by atoms with Crippen LogP contribution in [-0.4, -0.2) is 36.6 Å². The highest BCUT2D eigenvalue weighted by Gasteiger charge is 2.42. The number of benzene rings is 1. The molecule has 166 valence electrons. The largest absolute Gasteiger partial charge is 0.459 e. The van der Waals surface area contributed by atoms with Crippen molar-refractivity contribution < 1.29 is 19.4 Å². The van der Waals surface area contributed by atoms with Gasteiger partial charge in [0, 0.05) is 36.7 Å². The van der Waals surface area contributed by atoms with E-state index in [4.69, 9.17) is 15.9 Å². The molecule has 1 aromatic carbocycles. The van der Waals surface area contributed by atoms with Crippen LogP contribution in [0.4, 0.5) is 0 Å². The molecule has 0 spiro atoms. The van der Waals surface area contributed by atoms with Crippen LogP contribution in [0, 0.1) is 30.1 Å². The quantitative estimate of drug-likeness (QED) is 0.626. The van der Waals surface area contributed by atoms with Gasteiger partial charge in [0.1, 0.15) is 0 Å². The third-order valence-electron chi connectivity index (χ3n) is 7.15. The number of carbonyl (C=O) groups is 1. The van der Waals surface area contributed by atoms with Crippen LogP contribution < -0.4 is 5.32 Å². The predicted octanol–water partition coefficient (Wildman–Crippen LogP) is 3.72. The summed E-state index contributed by atoms with van der Waals surface area (Å²) in [5.74, 6) is 4.16. The highest BCUT2D eigenvalue weighted by atomic mass is 16.7. The van der Waals surface area contributed by atoms with Crippen LogP contribution in [0.2, 0.25) is 0 Å². The molecule has 2 bridgehead atoms. The molecule has 0 saturated heterocycles. The lowest BCUT2D eigenvalue weighted by atomic mass is 9.80. The number of aliphatic hydroxyl groups excluding tert-OH is 1. The standard InChI is InChI=1S/C26H33NO4/c1-3-17-7-10-19(11-8-17)22-16-24(31-26(30-4-2)21(22)6-5-13-28)25(29)27-23-15-18-9-12-20(23)14-18/h1,7-8,10-11,16,18,20-23,26,28H,4-6,9,12-15H2,2H3,(H,27,29)/t18?,20?,21-,22-,23?,26-/m1/s1. The number of amides is 1. The molecule has 31 heavy (non-hydrogen) atoms. The van der Waals surface area contributed by atoms with Gasteiger partial charge in [-0.25, -0.2) is 0 Å². The average Bonchev–Trinajstić information content (AvgIpc) is 3.41. The number of hydrogen-bond donors (Lipinski definition) is 2. The fourth-order valence-corrected chi connectivity index (χ4v) is 5.61. The predicted molar refractivity (Wildman–Crippen MR) is 119 cm³/mol. The normalized spacial score (nSPS) is 31.6. The molecule has 2 fully saturated rings. The minimum atomic E-state index is -0.528. The Hall–Kier alpha value is -2.29. The van der Waals surface area contributed by atoms with E-state index in [9.17, 15) is 9.90 Å². The number of terminal acetylenes is 1. The third kappa shape index (κ3) is 4.81. The first-order valence-electron chi connectivity index (χ1n) is 11.6. The van der Waals surface area contributed by atoms with Gasteiger partial charge in [0.25, 0.3) is 5.91 Å². The van der Waals surface area contributed by atoms with Crippen molar-refractivity contribution in [1.82, 2.24) is 5.32 Å². The molecule has 6 atom stereocenters. The van der Waals surface area contributed by atoms with Crippen LogP contribution >= 0.6 is 0 Å². The molecule has 2 saturated carbocycles. The minimum Gasteiger partial charge on any atom is -0.459 e. The summed E-state index contributed by atoms with van der Waals surface area (Å²) in [4.78, 5) is 13.2. The van der Waals surface area contributed by atoms with Gasteiger partial charge in [-0.05, 0) is 74.6 Å². The van der Waals surface area contributed by atoms with Crippen molar-refractivity contribution in [3.8, 4) is 12.3 Å². The smallest absolute Gasteiger partial charge is 0.286 e. The van der Waals surface area contributed by atoms with Crippen LogP contribution in [0.15, 0.2) is 36.1 Å². The Labute approximate surface area is 185 Å². The third-order valence-corrected chi connectivity index (χ3v) is 7.15. The maximum Gasteiger partial charge on any atom is 0.286 e. The van der Waals surface area contributed by atoms with Gasteiger partial charge in [-0.15, -0.1) is 6.42 Å². The van der Waals surface area contributed by atoms with Gasteiger partial charge in [0.15, 0.2) is 5.76 Å². The van der Waals surface area contributed by atoms with Crippen molar-refractivity contribution in [3.05, 3.63) is 47.2 Å². The van der Waals surface area contributed by atoms with Crippen LogP contribution in [0.1, 0.15) is 62.5 Å². The van der Waals surface area contributed by atoms with Crippen LogP contribution in [-0.2, 0) is 14.3 Å². The molecule has 3 unspecified atom stereocenters. The molecule has 0 aromatic heterocycles. The Bertz CT molecular complexity index is 840. The van der Waals surface area contributed by atoms with Gasteiger partial charge in [-0.1, -0.05) is 24.5 Å². The molecule has 1 aromatic rings. The van der Waals surface area contributed by atoms with E-state index in [0.29, 0.717) is 24.7 Å². The Morgan fingerprint density at radius 2 is 2.10 bits per heavy atom. The van der Waals surface area contributed by atoms with Crippen LogP contribution in [0.5, 0.6) is 0 Å². The lowest BCUT2D eigenvalue weighted by Crippen LogP contribution is -2.43. The molecular weight excluding hydrogens is 390 g/mol. The summed E-state index contributed by atoms with van der Waals surface area (Å²) in [7, 11) is 0. The first-order valence-corrected chi connectivity index (χ1v) is 11.6. The van der Waals surface area contributed by atoms with E-state index in [1.165, 1.54) is 19.3 Å². The fourth-order valence-electron chi connectivity index (χ4n) is 5.61.